The molecule has 0 saturated carbocycles. The molecule has 1 atom stereocenters. The minimum absolute atomic E-state index is 0.0561. The van der Waals surface area contributed by atoms with Crippen LogP contribution in [0.5, 0.6) is 0 Å². The summed E-state index contributed by atoms with van der Waals surface area (Å²) >= 11 is 1.86. The Balaban J connectivity index is 2.39. The fourth-order valence-corrected chi connectivity index (χ4v) is 3.25. The van der Waals surface area contributed by atoms with E-state index in [-0.39, 0.29) is 11.5 Å². The number of nitrogens with zero attached hydrogens (tertiary/aromatic N) is 4. The summed E-state index contributed by atoms with van der Waals surface area (Å²) in [5.41, 5.74) is -0.0561. The van der Waals surface area contributed by atoms with Crippen LogP contribution < -0.4 is 10.2 Å². The molecule has 0 amide bonds. The van der Waals surface area contributed by atoms with Crippen molar-refractivity contribution in [1.29, 1.82) is 0 Å². The fraction of sp³-hybridized carbons (Fsp3) is 0.600. The molecule has 1 saturated heterocycles. The fourth-order valence-electron chi connectivity index (χ4n) is 1.98. The van der Waals surface area contributed by atoms with E-state index in [1.54, 1.807) is 7.05 Å². The number of thioether (sulfide) groups is 1. The zero-order chi connectivity index (χ0) is 13.1. The van der Waals surface area contributed by atoms with E-state index < -0.39 is 4.92 Å². The molecular formula is C10H15N5O2S. The van der Waals surface area contributed by atoms with Crippen molar-refractivity contribution < 1.29 is 4.92 Å². The average molecular weight is 269 g/mol. The Morgan fingerprint density at radius 3 is 2.94 bits per heavy atom. The first-order valence-corrected chi connectivity index (χ1v) is 6.78. The first-order valence-electron chi connectivity index (χ1n) is 5.63. The number of nitro groups is 1. The average Bonchev–Trinajstić information content (AvgIpc) is 2.90. The summed E-state index contributed by atoms with van der Waals surface area (Å²) < 4.78 is 0. The second-order valence-corrected chi connectivity index (χ2v) is 5.18. The molecule has 7 nitrogen and oxygen atoms in total. The molecule has 0 bridgehead atoms. The van der Waals surface area contributed by atoms with E-state index in [2.05, 4.69) is 15.3 Å². The Labute approximate surface area is 109 Å². The molecule has 2 rings (SSSR count). The Morgan fingerprint density at radius 1 is 1.61 bits per heavy atom. The van der Waals surface area contributed by atoms with E-state index >= 15 is 0 Å². The summed E-state index contributed by atoms with van der Waals surface area (Å²) in [6.45, 7) is 0. The van der Waals surface area contributed by atoms with Gasteiger partial charge in [-0.3, -0.25) is 10.1 Å². The number of hydrogen-bond donors (Lipinski definition) is 1. The molecule has 18 heavy (non-hydrogen) atoms. The quantitative estimate of drug-likeness (QED) is 0.652. The number of rotatable bonds is 4. The monoisotopic (exact) mass is 269 g/mol. The lowest BCUT2D eigenvalue weighted by Crippen LogP contribution is -2.32. The predicted molar refractivity (Wildman–Crippen MR) is 72.4 cm³/mol. The van der Waals surface area contributed by atoms with Gasteiger partial charge < -0.3 is 10.2 Å². The molecule has 1 aliphatic heterocycles. The van der Waals surface area contributed by atoms with Crippen LogP contribution in [0.3, 0.4) is 0 Å². The maximum absolute atomic E-state index is 11.2. The third-order valence-electron chi connectivity index (χ3n) is 3.01. The largest absolute Gasteiger partial charge is 0.367 e. The van der Waals surface area contributed by atoms with Gasteiger partial charge in [-0.2, -0.15) is 11.8 Å². The van der Waals surface area contributed by atoms with E-state index in [9.17, 15) is 10.1 Å². The van der Waals surface area contributed by atoms with Crippen LogP contribution in [0, 0.1) is 10.1 Å². The van der Waals surface area contributed by atoms with Crippen molar-refractivity contribution in [3.8, 4) is 0 Å². The highest BCUT2D eigenvalue weighted by Gasteiger charge is 2.29. The topological polar surface area (TPSA) is 84.2 Å². The minimum atomic E-state index is -0.431. The Kier molecular flexibility index (Phi) is 3.85. The van der Waals surface area contributed by atoms with Crippen molar-refractivity contribution in [1.82, 2.24) is 9.97 Å². The molecule has 1 aliphatic rings. The molecule has 0 spiro atoms. The van der Waals surface area contributed by atoms with Crippen LogP contribution >= 0.6 is 11.8 Å². The van der Waals surface area contributed by atoms with E-state index in [1.807, 2.05) is 23.7 Å². The van der Waals surface area contributed by atoms with Crippen LogP contribution in [0.15, 0.2) is 6.33 Å². The first kappa shape index (κ1) is 12.9. The summed E-state index contributed by atoms with van der Waals surface area (Å²) in [5, 5.41) is 13.9. The Bertz CT molecular complexity index is 450. The van der Waals surface area contributed by atoms with Gasteiger partial charge in [-0.25, -0.2) is 9.97 Å². The summed E-state index contributed by atoms with van der Waals surface area (Å²) in [4.78, 5) is 20.6. The van der Waals surface area contributed by atoms with E-state index in [4.69, 9.17) is 0 Å². The summed E-state index contributed by atoms with van der Waals surface area (Å²) in [7, 11) is 3.47. The van der Waals surface area contributed by atoms with Gasteiger partial charge in [0.2, 0.25) is 11.6 Å². The van der Waals surface area contributed by atoms with Crippen LogP contribution in [0.4, 0.5) is 17.3 Å². The lowest BCUT2D eigenvalue weighted by Gasteiger charge is -2.24. The Morgan fingerprint density at radius 2 is 2.39 bits per heavy atom. The predicted octanol–water partition coefficient (Wildman–Crippen LogP) is 1.37. The van der Waals surface area contributed by atoms with Crippen LogP contribution in [-0.2, 0) is 0 Å². The summed E-state index contributed by atoms with van der Waals surface area (Å²) in [6.07, 6.45) is 2.38. The van der Waals surface area contributed by atoms with Gasteiger partial charge in [0, 0.05) is 25.9 Å². The molecule has 0 aromatic carbocycles. The lowest BCUT2D eigenvalue weighted by atomic mass is 10.2. The number of aromatic nitrogens is 2. The van der Waals surface area contributed by atoms with Gasteiger partial charge in [0.25, 0.3) is 0 Å². The second kappa shape index (κ2) is 5.38. The number of hydrogen-bond acceptors (Lipinski definition) is 7. The van der Waals surface area contributed by atoms with Crippen LogP contribution in [0.1, 0.15) is 6.42 Å². The zero-order valence-corrected chi connectivity index (χ0v) is 11.1. The molecule has 1 aromatic heterocycles. The summed E-state index contributed by atoms with van der Waals surface area (Å²) in [5.74, 6) is 2.70. The van der Waals surface area contributed by atoms with Crippen molar-refractivity contribution >= 4 is 29.1 Å². The SMILES string of the molecule is CNc1ncnc(N(C)C2CCSC2)c1[N+](=O)[O-]. The van der Waals surface area contributed by atoms with Gasteiger partial charge in [0.05, 0.1) is 4.92 Å². The molecule has 1 N–H and O–H groups in total. The molecule has 1 unspecified atom stereocenters. The van der Waals surface area contributed by atoms with Gasteiger partial charge in [-0.15, -0.1) is 0 Å². The van der Waals surface area contributed by atoms with E-state index in [0.29, 0.717) is 11.9 Å². The molecule has 98 valence electrons. The molecule has 1 fully saturated rings. The lowest BCUT2D eigenvalue weighted by molar-refractivity contribution is -0.383. The van der Waals surface area contributed by atoms with E-state index in [0.717, 1.165) is 17.9 Å². The molecule has 2 heterocycles. The highest BCUT2D eigenvalue weighted by Crippen LogP contribution is 2.34. The van der Waals surface area contributed by atoms with Crippen LogP contribution in [0.2, 0.25) is 0 Å². The van der Waals surface area contributed by atoms with Crippen LogP contribution in [-0.4, -0.2) is 46.5 Å². The normalized spacial score (nSPS) is 18.7. The maximum Gasteiger partial charge on any atom is 0.353 e. The van der Waals surface area contributed by atoms with Crippen LogP contribution in [0.25, 0.3) is 0 Å². The third-order valence-corrected chi connectivity index (χ3v) is 4.15. The van der Waals surface area contributed by atoms with E-state index in [1.165, 1.54) is 6.33 Å². The molecule has 0 radical (unpaired) electrons. The molecule has 8 heteroatoms. The first-order chi connectivity index (χ1) is 8.65. The zero-order valence-electron chi connectivity index (χ0n) is 10.3. The maximum atomic E-state index is 11.2. The Hall–Kier alpha value is -1.57. The number of nitrogens with one attached hydrogen (secondary N) is 1. The second-order valence-electron chi connectivity index (χ2n) is 4.03. The van der Waals surface area contributed by atoms with Gasteiger partial charge in [0.15, 0.2) is 0 Å². The minimum Gasteiger partial charge on any atom is -0.367 e. The van der Waals surface area contributed by atoms with Gasteiger partial charge in [-0.1, -0.05) is 0 Å². The van der Waals surface area contributed by atoms with Gasteiger partial charge >= 0.3 is 5.69 Å². The van der Waals surface area contributed by atoms with Crippen molar-refractivity contribution in [3.63, 3.8) is 0 Å². The summed E-state index contributed by atoms with van der Waals surface area (Å²) in [6, 6.07) is 0.299. The smallest absolute Gasteiger partial charge is 0.353 e. The highest BCUT2D eigenvalue weighted by molar-refractivity contribution is 7.99. The van der Waals surface area contributed by atoms with Gasteiger partial charge in [-0.05, 0) is 12.2 Å². The van der Waals surface area contributed by atoms with Crippen molar-refractivity contribution in [3.05, 3.63) is 16.4 Å². The van der Waals surface area contributed by atoms with Crippen molar-refractivity contribution in [2.45, 2.75) is 12.5 Å². The van der Waals surface area contributed by atoms with Crippen molar-refractivity contribution in [2.24, 2.45) is 0 Å². The van der Waals surface area contributed by atoms with Gasteiger partial charge in [0.1, 0.15) is 6.33 Å². The van der Waals surface area contributed by atoms with Crippen molar-refractivity contribution in [2.75, 3.05) is 35.8 Å². The highest BCUT2D eigenvalue weighted by atomic mass is 32.2. The number of anilines is 2. The third kappa shape index (κ3) is 2.33. The molecule has 0 aliphatic carbocycles. The molecular weight excluding hydrogens is 254 g/mol. The molecule has 1 aromatic rings. The standard InChI is InChI=1S/C10H15N5O2S/c1-11-9-8(15(16)17)10(13-6-12-9)14(2)7-3-4-18-5-7/h6-7H,3-5H2,1-2H3,(H,11,12,13).